The van der Waals surface area contributed by atoms with Crippen LogP contribution in [0.15, 0.2) is 17.8 Å². The molecule has 3 N–H and O–H groups in total. The van der Waals surface area contributed by atoms with E-state index in [0.29, 0.717) is 42.4 Å². The van der Waals surface area contributed by atoms with E-state index >= 15 is 0 Å². The van der Waals surface area contributed by atoms with E-state index in [9.17, 15) is 9.36 Å². The lowest BCUT2D eigenvalue weighted by Crippen LogP contribution is -2.47. The molecule has 0 saturated heterocycles. The molecule has 2 atom stereocenters. The number of aromatic nitrogens is 4. The highest BCUT2D eigenvalue weighted by Gasteiger charge is 2.40. The van der Waals surface area contributed by atoms with Gasteiger partial charge < -0.3 is 24.4 Å². The van der Waals surface area contributed by atoms with Crippen LogP contribution in [0.2, 0.25) is 0 Å². The number of fused-ring (bicyclic) bond motifs is 1. The van der Waals surface area contributed by atoms with E-state index in [1.165, 1.54) is 6.33 Å². The van der Waals surface area contributed by atoms with Crippen LogP contribution in [0.5, 0.6) is 0 Å². The first-order valence-corrected chi connectivity index (χ1v) is 14.8. The molecule has 0 aromatic carbocycles. The summed E-state index contributed by atoms with van der Waals surface area (Å²) in [5.74, 6) is 0.427. The van der Waals surface area contributed by atoms with Crippen LogP contribution in [0.1, 0.15) is 75.2 Å². The fourth-order valence-electron chi connectivity index (χ4n) is 3.72. The molecule has 13 heteroatoms. The van der Waals surface area contributed by atoms with Gasteiger partial charge in [-0.05, 0) is 59.3 Å². The van der Waals surface area contributed by atoms with Crippen molar-refractivity contribution in [3.63, 3.8) is 0 Å². The number of hydrogen-bond donors (Lipinski definition) is 2. The molecule has 0 spiro atoms. The van der Waals surface area contributed by atoms with Crippen LogP contribution in [0.3, 0.4) is 0 Å². The molecule has 0 amide bonds. The lowest BCUT2D eigenvalue weighted by molar-refractivity contribution is -0.153. The largest absolute Gasteiger partial charge is 0.462 e. The van der Waals surface area contributed by atoms with Crippen molar-refractivity contribution in [1.29, 1.82) is 0 Å². The molecule has 2 aromatic heterocycles. The Hall–Kier alpha value is -2.56. The maximum Gasteiger partial charge on any atom is 0.365 e. The number of oxime groups is 1. The van der Waals surface area contributed by atoms with Gasteiger partial charge >= 0.3 is 13.5 Å². The summed E-state index contributed by atoms with van der Waals surface area (Å²) in [5.41, 5.74) is 6.43. The predicted molar refractivity (Wildman–Crippen MR) is 149 cm³/mol. The average molecular weight is 554 g/mol. The molecule has 0 aliphatic carbocycles. The molecule has 0 radical (unpaired) electrons. The Labute approximate surface area is 225 Å². The number of ether oxygens (including phenoxy) is 2. The number of carbonyl (C=O) groups excluding carboxylic acids is 1. The molecule has 0 saturated carbocycles. The molecular weight excluding hydrogens is 509 g/mol. The zero-order valence-electron chi connectivity index (χ0n) is 24.1. The van der Waals surface area contributed by atoms with Crippen molar-refractivity contribution >= 4 is 36.2 Å². The maximum atomic E-state index is 14.0. The summed E-state index contributed by atoms with van der Waals surface area (Å²) < 4.78 is 32.8. The van der Waals surface area contributed by atoms with Gasteiger partial charge in [-0.3, -0.25) is 9.36 Å². The average Bonchev–Trinajstić information content (AvgIpc) is 3.19. The lowest BCUT2D eigenvalue weighted by atomic mass is 9.99. The molecule has 0 fully saturated rings. The van der Waals surface area contributed by atoms with Crippen LogP contribution < -0.4 is 10.8 Å². The van der Waals surface area contributed by atoms with Crippen LogP contribution in [0.25, 0.3) is 11.2 Å². The van der Waals surface area contributed by atoms with Gasteiger partial charge in [0.15, 0.2) is 11.5 Å². The number of nitrogens with two attached hydrogens (primary N) is 1. The van der Waals surface area contributed by atoms with Crippen molar-refractivity contribution in [1.82, 2.24) is 24.6 Å². The number of imidazole rings is 1. The third-order valence-electron chi connectivity index (χ3n) is 5.30. The van der Waals surface area contributed by atoms with Crippen molar-refractivity contribution in [2.45, 2.75) is 99.4 Å². The minimum absolute atomic E-state index is 0.288. The van der Waals surface area contributed by atoms with Gasteiger partial charge in [-0.2, -0.15) is 0 Å². The van der Waals surface area contributed by atoms with Gasteiger partial charge in [0.2, 0.25) is 0 Å². The number of rotatable bonds is 15. The van der Waals surface area contributed by atoms with E-state index in [2.05, 4.69) is 52.9 Å². The summed E-state index contributed by atoms with van der Waals surface area (Å²) in [4.78, 5) is 25.2. The van der Waals surface area contributed by atoms with Gasteiger partial charge in [-0.25, -0.2) is 20.0 Å². The maximum absolute atomic E-state index is 14.0. The van der Waals surface area contributed by atoms with Gasteiger partial charge in [0.1, 0.15) is 23.7 Å². The first kappa shape index (κ1) is 31.7. The van der Waals surface area contributed by atoms with Crippen molar-refractivity contribution < 1.29 is 23.5 Å². The summed E-state index contributed by atoms with van der Waals surface area (Å²) in [5, 5.41) is 7.16. The number of hydrogen-bond acceptors (Lipinski definition) is 10. The minimum atomic E-state index is -3.81. The van der Waals surface area contributed by atoms with E-state index in [0.717, 1.165) is 5.71 Å². The molecule has 0 bridgehead atoms. The monoisotopic (exact) mass is 553 g/mol. The van der Waals surface area contributed by atoms with Crippen LogP contribution in [0.4, 0.5) is 5.82 Å². The molecule has 0 aliphatic rings. The summed E-state index contributed by atoms with van der Waals surface area (Å²) in [7, 11) is -3.81. The zero-order valence-corrected chi connectivity index (χ0v) is 25.0. The van der Waals surface area contributed by atoms with E-state index in [4.69, 9.17) is 19.8 Å². The van der Waals surface area contributed by atoms with Crippen LogP contribution in [-0.2, 0) is 30.0 Å². The molecule has 0 aliphatic heterocycles. The van der Waals surface area contributed by atoms with Crippen molar-refractivity contribution in [2.24, 2.45) is 17.0 Å². The van der Waals surface area contributed by atoms with Gasteiger partial charge in [-0.15, -0.1) is 0 Å². The first-order valence-electron chi connectivity index (χ1n) is 13.0. The molecule has 1 unspecified atom stereocenters. The van der Waals surface area contributed by atoms with E-state index < -0.39 is 25.1 Å². The molecular formula is C25H44N7O5P. The van der Waals surface area contributed by atoms with Crippen molar-refractivity contribution in [2.75, 3.05) is 12.1 Å². The zero-order chi connectivity index (χ0) is 28.7. The summed E-state index contributed by atoms with van der Waals surface area (Å²) >= 11 is 0. The third-order valence-corrected chi connectivity index (χ3v) is 7.04. The number of nitrogens with one attached hydrogen (secondary N) is 1. The van der Waals surface area contributed by atoms with E-state index in [1.54, 1.807) is 38.6 Å². The first-order chi connectivity index (χ1) is 17.6. The van der Waals surface area contributed by atoms with Gasteiger partial charge in [0.25, 0.3) is 0 Å². The van der Waals surface area contributed by atoms with E-state index in [-0.39, 0.29) is 18.3 Å². The van der Waals surface area contributed by atoms with Gasteiger partial charge in [-0.1, -0.05) is 32.9 Å². The Kier molecular flexibility index (Phi) is 11.2. The van der Waals surface area contributed by atoms with Crippen molar-refractivity contribution in [3.8, 4) is 0 Å². The fraction of sp³-hybridized carbons (Fsp3) is 0.720. The quantitative estimate of drug-likeness (QED) is 0.137. The fourth-order valence-corrected chi connectivity index (χ4v) is 5.51. The second-order valence-corrected chi connectivity index (χ2v) is 13.2. The molecule has 214 valence electrons. The second kappa shape index (κ2) is 13.5. The smallest absolute Gasteiger partial charge is 0.365 e. The Morgan fingerprint density at radius 1 is 1.11 bits per heavy atom. The van der Waals surface area contributed by atoms with Gasteiger partial charge in [0, 0.05) is 0 Å². The number of esters is 1. The number of nitrogens with zero attached hydrogens (tertiary/aromatic N) is 5. The molecule has 12 nitrogen and oxygen atoms in total. The highest BCUT2D eigenvalue weighted by molar-refractivity contribution is 7.56. The minimum Gasteiger partial charge on any atom is -0.462 e. The second-order valence-electron chi connectivity index (χ2n) is 11.2. The Balaban J connectivity index is 2.24. The van der Waals surface area contributed by atoms with Crippen LogP contribution in [-0.4, -0.2) is 55.3 Å². The van der Waals surface area contributed by atoms with Gasteiger partial charge in [0.05, 0.1) is 30.8 Å². The Morgan fingerprint density at radius 2 is 1.74 bits per heavy atom. The Bertz CT molecular complexity index is 1130. The topological polar surface area (TPSA) is 156 Å². The highest BCUT2D eigenvalue weighted by Crippen LogP contribution is 2.46. The standard InChI is InChI=1S/C25H44N7O5P/c1-16(2)10-20(11-17(3)4)30-37-38(34,31-25(8,9)24(33)36-18(5)6)15-35-19(7)12-32-14-29-21-22(26)27-13-28-23(21)32/h13-14,16-19H,10-12,15H2,1-9H3,(H,31,34)(H2,26,27,28)/t19-,38?/m0/s1. The summed E-state index contributed by atoms with van der Waals surface area (Å²) in [6, 6.07) is 0. The molecule has 2 aromatic rings. The highest BCUT2D eigenvalue weighted by atomic mass is 31.2. The van der Waals surface area contributed by atoms with Crippen LogP contribution >= 0.6 is 7.52 Å². The normalized spacial score (nSPS) is 14.6. The van der Waals surface area contributed by atoms with E-state index in [1.807, 2.05) is 6.92 Å². The van der Waals surface area contributed by atoms with Crippen LogP contribution in [0, 0.1) is 11.8 Å². The number of carbonyl (C=O) groups is 1. The molecule has 2 rings (SSSR count). The summed E-state index contributed by atoms with van der Waals surface area (Å²) in [6.45, 7) is 17.2. The predicted octanol–water partition coefficient (Wildman–Crippen LogP) is 4.75. The molecule has 2 heterocycles. The summed E-state index contributed by atoms with van der Waals surface area (Å²) in [6.07, 6.45) is 3.31. The lowest BCUT2D eigenvalue weighted by Gasteiger charge is -2.29. The SMILES string of the molecule is CC(C)CC(CC(C)C)=NOP(=O)(CO[C@@H](C)Cn1cnc2c(N)ncnc21)NC(C)(C)C(=O)OC(C)C. The Morgan fingerprint density at radius 3 is 2.32 bits per heavy atom. The van der Waals surface area contributed by atoms with Crippen molar-refractivity contribution in [3.05, 3.63) is 12.7 Å². The number of anilines is 1. The number of nitrogen functional groups attached to an aromatic ring is 1. The third kappa shape index (κ3) is 9.63. The molecule has 38 heavy (non-hydrogen) atoms.